The maximum absolute atomic E-state index is 12.9. The quantitative estimate of drug-likeness (QED) is 0.915. The summed E-state index contributed by atoms with van der Waals surface area (Å²) < 4.78 is 0. The number of fused-ring (bicyclic) bond motifs is 1. The van der Waals surface area contributed by atoms with Crippen LogP contribution in [0, 0.1) is 0 Å². The molecule has 1 N–H and O–H groups in total. The largest absolute Gasteiger partial charge is 0.342 e. The number of carbonyl (C=O) groups is 2. The first-order valence-corrected chi connectivity index (χ1v) is 9.56. The van der Waals surface area contributed by atoms with E-state index in [9.17, 15) is 9.59 Å². The minimum absolute atomic E-state index is 0.0254. The molecule has 1 fully saturated rings. The first-order valence-electron chi connectivity index (χ1n) is 9.56. The van der Waals surface area contributed by atoms with Crippen LogP contribution in [0.2, 0.25) is 0 Å². The van der Waals surface area contributed by atoms with Gasteiger partial charge >= 0.3 is 0 Å². The van der Waals surface area contributed by atoms with E-state index < -0.39 is 0 Å². The van der Waals surface area contributed by atoms with Gasteiger partial charge in [-0.05, 0) is 31.0 Å². The Morgan fingerprint density at radius 2 is 1.88 bits per heavy atom. The number of nitrogens with zero attached hydrogens (tertiary/aromatic N) is 3. The van der Waals surface area contributed by atoms with E-state index in [0.29, 0.717) is 37.5 Å². The molecule has 0 aliphatic carbocycles. The van der Waals surface area contributed by atoms with Gasteiger partial charge in [-0.15, -0.1) is 0 Å². The van der Waals surface area contributed by atoms with E-state index in [1.54, 1.807) is 0 Å². The maximum Gasteiger partial charge on any atom is 0.253 e. The van der Waals surface area contributed by atoms with Crippen molar-refractivity contribution in [1.29, 1.82) is 0 Å². The molecule has 0 radical (unpaired) electrons. The molecule has 1 aliphatic rings. The van der Waals surface area contributed by atoms with Gasteiger partial charge in [0.1, 0.15) is 5.82 Å². The van der Waals surface area contributed by atoms with E-state index in [1.807, 2.05) is 34.9 Å². The van der Waals surface area contributed by atoms with Crippen molar-refractivity contribution >= 4 is 22.8 Å². The summed E-state index contributed by atoms with van der Waals surface area (Å²) in [5, 5.41) is 0. The Bertz CT molecular complexity index is 796. The number of nitrogens with one attached hydrogen (secondary N) is 1. The normalized spacial score (nSPS) is 15.5. The zero-order chi connectivity index (χ0) is 18.7. The van der Waals surface area contributed by atoms with Crippen LogP contribution in [0.1, 0.15) is 62.1 Å². The third-order valence-corrected chi connectivity index (χ3v) is 4.89. The van der Waals surface area contributed by atoms with Gasteiger partial charge in [-0.2, -0.15) is 0 Å². The predicted octanol–water partition coefficient (Wildman–Crippen LogP) is 3.16. The predicted molar refractivity (Wildman–Crippen MR) is 102 cm³/mol. The van der Waals surface area contributed by atoms with E-state index in [4.69, 9.17) is 0 Å². The number of H-pyrrole nitrogens is 1. The molecule has 6 heteroatoms. The van der Waals surface area contributed by atoms with Crippen LogP contribution in [-0.4, -0.2) is 57.8 Å². The van der Waals surface area contributed by atoms with Gasteiger partial charge in [-0.25, -0.2) is 4.98 Å². The minimum atomic E-state index is 0.0254. The van der Waals surface area contributed by atoms with Crippen LogP contribution in [0.5, 0.6) is 0 Å². The number of aromatic nitrogens is 2. The number of carbonyl (C=O) groups excluding carboxylic acids is 2. The molecule has 0 bridgehead atoms. The fourth-order valence-electron chi connectivity index (χ4n) is 3.36. The van der Waals surface area contributed by atoms with Crippen molar-refractivity contribution in [2.75, 3.05) is 26.2 Å². The maximum atomic E-state index is 12.9. The highest BCUT2D eigenvalue weighted by Gasteiger charge is 2.22. The number of aromatic amines is 1. The molecular formula is C20H28N4O2. The fourth-order valence-corrected chi connectivity index (χ4v) is 3.36. The lowest BCUT2D eigenvalue weighted by molar-refractivity contribution is -0.131. The molecule has 26 heavy (non-hydrogen) atoms. The van der Waals surface area contributed by atoms with Crippen molar-refractivity contribution in [3.8, 4) is 0 Å². The van der Waals surface area contributed by atoms with Gasteiger partial charge < -0.3 is 14.8 Å². The van der Waals surface area contributed by atoms with Gasteiger partial charge in [-0.1, -0.05) is 20.8 Å². The topological polar surface area (TPSA) is 69.3 Å². The third kappa shape index (κ3) is 3.89. The zero-order valence-corrected chi connectivity index (χ0v) is 15.9. The van der Waals surface area contributed by atoms with Gasteiger partial charge in [0, 0.05) is 44.1 Å². The highest BCUT2D eigenvalue weighted by atomic mass is 16.2. The zero-order valence-electron chi connectivity index (χ0n) is 15.9. The summed E-state index contributed by atoms with van der Waals surface area (Å²) in [6, 6.07) is 5.64. The number of rotatable bonds is 4. The van der Waals surface area contributed by atoms with Crippen molar-refractivity contribution in [2.24, 2.45) is 0 Å². The Morgan fingerprint density at radius 3 is 2.62 bits per heavy atom. The van der Waals surface area contributed by atoms with E-state index in [0.717, 1.165) is 36.2 Å². The minimum Gasteiger partial charge on any atom is -0.342 e. The summed E-state index contributed by atoms with van der Waals surface area (Å²) in [5.74, 6) is 1.47. The highest BCUT2D eigenvalue weighted by molar-refractivity contribution is 5.97. The Balaban J connectivity index is 1.72. The molecule has 0 spiro atoms. The van der Waals surface area contributed by atoms with Gasteiger partial charge in [0.25, 0.3) is 5.91 Å². The average molecular weight is 356 g/mol. The smallest absolute Gasteiger partial charge is 0.253 e. The second-order valence-electron chi connectivity index (χ2n) is 7.29. The summed E-state index contributed by atoms with van der Waals surface area (Å²) in [7, 11) is 0. The number of benzene rings is 1. The number of hydrogen-bond donors (Lipinski definition) is 1. The average Bonchev–Trinajstić information content (AvgIpc) is 2.90. The van der Waals surface area contributed by atoms with Crippen LogP contribution in [-0.2, 0) is 4.79 Å². The Kier molecular flexibility index (Phi) is 5.59. The molecule has 1 aliphatic heterocycles. The first-order chi connectivity index (χ1) is 12.5. The third-order valence-electron chi connectivity index (χ3n) is 4.89. The van der Waals surface area contributed by atoms with Crippen LogP contribution >= 0.6 is 0 Å². The van der Waals surface area contributed by atoms with Crippen molar-refractivity contribution in [3.05, 3.63) is 29.6 Å². The van der Waals surface area contributed by atoms with E-state index in [-0.39, 0.29) is 11.8 Å². The molecule has 2 heterocycles. The van der Waals surface area contributed by atoms with E-state index in [1.165, 1.54) is 0 Å². The van der Waals surface area contributed by atoms with Crippen LogP contribution in [0.25, 0.3) is 11.0 Å². The second kappa shape index (κ2) is 7.89. The molecule has 2 aromatic rings. The molecule has 0 unspecified atom stereocenters. The van der Waals surface area contributed by atoms with E-state index in [2.05, 4.69) is 23.8 Å². The number of amides is 2. The van der Waals surface area contributed by atoms with Gasteiger partial charge in [0.15, 0.2) is 0 Å². The molecule has 2 amide bonds. The van der Waals surface area contributed by atoms with Gasteiger partial charge in [-0.3, -0.25) is 9.59 Å². The molecule has 0 atom stereocenters. The molecule has 6 nitrogen and oxygen atoms in total. The molecule has 1 aromatic heterocycles. The first kappa shape index (κ1) is 18.4. The molecule has 0 saturated carbocycles. The van der Waals surface area contributed by atoms with Crippen molar-refractivity contribution in [2.45, 2.75) is 46.0 Å². The van der Waals surface area contributed by atoms with Crippen LogP contribution < -0.4 is 0 Å². The van der Waals surface area contributed by atoms with Crippen LogP contribution in [0.4, 0.5) is 0 Å². The summed E-state index contributed by atoms with van der Waals surface area (Å²) in [5.41, 5.74) is 2.45. The van der Waals surface area contributed by atoms with Gasteiger partial charge in [0.2, 0.25) is 5.91 Å². The van der Waals surface area contributed by atoms with Crippen LogP contribution in [0.15, 0.2) is 18.2 Å². The fraction of sp³-hybridized carbons (Fsp3) is 0.550. The molecule has 1 aromatic carbocycles. The highest BCUT2D eigenvalue weighted by Crippen LogP contribution is 2.19. The Labute approximate surface area is 154 Å². The van der Waals surface area contributed by atoms with Crippen LogP contribution in [0.3, 0.4) is 0 Å². The van der Waals surface area contributed by atoms with E-state index >= 15 is 0 Å². The Hall–Kier alpha value is -2.37. The lowest BCUT2D eigenvalue weighted by Gasteiger charge is -2.22. The summed E-state index contributed by atoms with van der Waals surface area (Å²) in [6.45, 7) is 8.83. The number of hydrogen-bond acceptors (Lipinski definition) is 3. The standard InChI is InChI=1S/C20H28N4O2/c1-4-6-18(25)23-9-5-10-24(12-11-23)20(26)15-7-8-16-17(13-15)22-19(21-16)14(2)3/h7-8,13-14H,4-6,9-12H2,1-3H3,(H,21,22). The lowest BCUT2D eigenvalue weighted by atomic mass is 10.1. The summed E-state index contributed by atoms with van der Waals surface area (Å²) in [4.78, 5) is 36.7. The molecule has 140 valence electrons. The second-order valence-corrected chi connectivity index (χ2v) is 7.29. The van der Waals surface area contributed by atoms with Crippen molar-refractivity contribution in [1.82, 2.24) is 19.8 Å². The SMILES string of the molecule is CCCC(=O)N1CCCN(C(=O)c2ccc3nc(C(C)C)[nH]c3c2)CC1. The molecule has 1 saturated heterocycles. The monoisotopic (exact) mass is 356 g/mol. The molecular weight excluding hydrogens is 328 g/mol. The van der Waals surface area contributed by atoms with Crippen molar-refractivity contribution in [3.63, 3.8) is 0 Å². The van der Waals surface area contributed by atoms with Gasteiger partial charge in [0.05, 0.1) is 11.0 Å². The molecule has 3 rings (SSSR count). The Morgan fingerprint density at radius 1 is 1.15 bits per heavy atom. The van der Waals surface area contributed by atoms with Crippen molar-refractivity contribution < 1.29 is 9.59 Å². The summed E-state index contributed by atoms with van der Waals surface area (Å²) >= 11 is 0. The summed E-state index contributed by atoms with van der Waals surface area (Å²) in [6.07, 6.45) is 2.27. The number of imidazole rings is 1. The lowest BCUT2D eigenvalue weighted by Crippen LogP contribution is -2.37.